The maximum Gasteiger partial charge on any atom is 0.321 e. The summed E-state index contributed by atoms with van der Waals surface area (Å²) in [6.07, 6.45) is 1.38. The number of nitrogens with one attached hydrogen (secondary N) is 1. The number of rotatable bonds is 5. The first-order valence-electron chi connectivity index (χ1n) is 6.98. The Kier molecular flexibility index (Phi) is 5.16. The van der Waals surface area contributed by atoms with Crippen molar-refractivity contribution in [1.29, 1.82) is 0 Å². The highest BCUT2D eigenvalue weighted by Crippen LogP contribution is 2.15. The summed E-state index contributed by atoms with van der Waals surface area (Å²) in [4.78, 5) is 24.4. The third-order valence-electron chi connectivity index (χ3n) is 3.58. The molecule has 1 atom stereocenters. The van der Waals surface area contributed by atoms with Crippen LogP contribution < -0.4 is 5.32 Å². The minimum absolute atomic E-state index is 0.0801. The smallest absolute Gasteiger partial charge is 0.321 e. The van der Waals surface area contributed by atoms with Crippen molar-refractivity contribution in [1.82, 2.24) is 4.90 Å². The molecule has 1 aliphatic rings. The van der Waals surface area contributed by atoms with Gasteiger partial charge >= 0.3 is 12.0 Å². The molecule has 2 N–H and O–H groups in total. The predicted octanol–water partition coefficient (Wildman–Crippen LogP) is 1.96. The molecule has 21 heavy (non-hydrogen) atoms. The van der Waals surface area contributed by atoms with Crippen molar-refractivity contribution in [3.8, 4) is 0 Å². The van der Waals surface area contributed by atoms with Crippen LogP contribution in [0.4, 0.5) is 10.5 Å². The number of carboxylic acids is 1. The van der Waals surface area contributed by atoms with E-state index in [9.17, 15) is 9.59 Å². The number of carbonyl (C=O) groups is 2. The molecule has 0 radical (unpaired) electrons. The van der Waals surface area contributed by atoms with Crippen LogP contribution in [0.25, 0.3) is 0 Å². The van der Waals surface area contributed by atoms with Crippen molar-refractivity contribution in [3.63, 3.8) is 0 Å². The number of benzene rings is 1. The lowest BCUT2D eigenvalue weighted by Gasteiger charge is -2.23. The molecular weight excluding hydrogens is 272 g/mol. The number of carbonyl (C=O) groups excluding carboxylic acids is 1. The van der Waals surface area contributed by atoms with Gasteiger partial charge in [0.25, 0.3) is 0 Å². The lowest BCUT2D eigenvalue weighted by atomic mass is 10.1. The van der Waals surface area contributed by atoms with Crippen molar-refractivity contribution >= 4 is 17.7 Å². The van der Waals surface area contributed by atoms with E-state index in [1.165, 1.54) is 0 Å². The molecule has 2 rings (SSSR count). The molecular formula is C15H20N2O4. The van der Waals surface area contributed by atoms with Gasteiger partial charge in [0, 0.05) is 25.8 Å². The van der Waals surface area contributed by atoms with Crippen LogP contribution in [-0.2, 0) is 16.0 Å². The highest BCUT2D eigenvalue weighted by molar-refractivity contribution is 5.89. The summed E-state index contributed by atoms with van der Waals surface area (Å²) in [5, 5.41) is 11.5. The van der Waals surface area contributed by atoms with Crippen LogP contribution in [0.2, 0.25) is 0 Å². The second kappa shape index (κ2) is 7.08. The number of anilines is 1. The van der Waals surface area contributed by atoms with Crippen LogP contribution in [0.3, 0.4) is 0 Å². The normalized spacial score (nSPS) is 17.5. The molecule has 1 saturated heterocycles. The topological polar surface area (TPSA) is 78.9 Å². The van der Waals surface area contributed by atoms with E-state index in [1.807, 2.05) is 12.1 Å². The Balaban J connectivity index is 1.93. The first kappa shape index (κ1) is 15.3. The molecule has 0 aliphatic carbocycles. The Morgan fingerprint density at radius 1 is 1.48 bits per heavy atom. The number of nitrogens with zero attached hydrogens (tertiary/aromatic N) is 1. The minimum Gasteiger partial charge on any atom is -0.481 e. The number of aliphatic carboxylic acids is 1. The standard InChI is InChI=1S/C15H20N2O4/c1-17(13-7-8-21-10-13)15(20)16-12-4-2-3-11(9-12)5-6-14(18)19/h2-4,9,13H,5-8,10H2,1H3,(H,16,20)(H,18,19). The van der Waals surface area contributed by atoms with E-state index in [2.05, 4.69) is 5.32 Å². The average molecular weight is 292 g/mol. The van der Waals surface area contributed by atoms with Crippen molar-refractivity contribution in [2.45, 2.75) is 25.3 Å². The van der Waals surface area contributed by atoms with E-state index in [0.717, 1.165) is 12.0 Å². The quantitative estimate of drug-likeness (QED) is 0.869. The molecule has 1 aliphatic heterocycles. The van der Waals surface area contributed by atoms with Gasteiger partial charge in [-0.15, -0.1) is 0 Å². The van der Waals surface area contributed by atoms with Gasteiger partial charge < -0.3 is 20.1 Å². The molecule has 1 aromatic carbocycles. The van der Waals surface area contributed by atoms with E-state index in [-0.39, 0.29) is 18.5 Å². The summed E-state index contributed by atoms with van der Waals surface area (Å²) in [5.41, 5.74) is 1.57. The summed E-state index contributed by atoms with van der Waals surface area (Å²) in [5.74, 6) is -0.828. The fraction of sp³-hybridized carbons (Fsp3) is 0.467. The highest BCUT2D eigenvalue weighted by atomic mass is 16.5. The molecule has 0 saturated carbocycles. The summed E-state index contributed by atoms with van der Waals surface area (Å²) >= 11 is 0. The fourth-order valence-corrected chi connectivity index (χ4v) is 2.26. The van der Waals surface area contributed by atoms with Gasteiger partial charge in [0.1, 0.15) is 0 Å². The van der Waals surface area contributed by atoms with Crippen molar-refractivity contribution in [3.05, 3.63) is 29.8 Å². The lowest BCUT2D eigenvalue weighted by Crippen LogP contribution is -2.40. The Morgan fingerprint density at radius 3 is 2.95 bits per heavy atom. The molecule has 1 unspecified atom stereocenters. The predicted molar refractivity (Wildman–Crippen MR) is 78.4 cm³/mol. The van der Waals surface area contributed by atoms with Gasteiger partial charge in [-0.2, -0.15) is 0 Å². The molecule has 0 bridgehead atoms. The largest absolute Gasteiger partial charge is 0.481 e. The number of hydrogen-bond acceptors (Lipinski definition) is 3. The third kappa shape index (κ3) is 4.46. The molecule has 1 aromatic rings. The number of amides is 2. The fourth-order valence-electron chi connectivity index (χ4n) is 2.26. The second-order valence-corrected chi connectivity index (χ2v) is 5.15. The zero-order valence-electron chi connectivity index (χ0n) is 12.0. The van der Waals surface area contributed by atoms with E-state index >= 15 is 0 Å². The molecule has 6 nitrogen and oxygen atoms in total. The maximum absolute atomic E-state index is 12.1. The van der Waals surface area contributed by atoms with Crippen LogP contribution >= 0.6 is 0 Å². The van der Waals surface area contributed by atoms with Gasteiger partial charge in [0.2, 0.25) is 0 Å². The first-order chi connectivity index (χ1) is 10.1. The zero-order chi connectivity index (χ0) is 15.2. The van der Waals surface area contributed by atoms with E-state index in [0.29, 0.717) is 25.3 Å². The molecule has 0 aromatic heterocycles. The average Bonchev–Trinajstić information content (AvgIpc) is 2.98. The van der Waals surface area contributed by atoms with Crippen molar-refractivity contribution < 1.29 is 19.4 Å². The summed E-state index contributed by atoms with van der Waals surface area (Å²) in [6, 6.07) is 7.20. The van der Waals surface area contributed by atoms with Crippen LogP contribution in [-0.4, -0.2) is 48.3 Å². The van der Waals surface area contributed by atoms with E-state index in [1.54, 1.807) is 24.1 Å². The van der Waals surface area contributed by atoms with Crippen LogP contribution in [0.15, 0.2) is 24.3 Å². The van der Waals surface area contributed by atoms with Gasteiger partial charge in [-0.1, -0.05) is 12.1 Å². The van der Waals surface area contributed by atoms with Gasteiger partial charge in [0.15, 0.2) is 0 Å². The van der Waals surface area contributed by atoms with Crippen LogP contribution in [0, 0.1) is 0 Å². The molecule has 1 fully saturated rings. The minimum atomic E-state index is -0.828. The Hall–Kier alpha value is -2.08. The number of aryl methyl sites for hydroxylation is 1. The van der Waals surface area contributed by atoms with Crippen LogP contribution in [0.5, 0.6) is 0 Å². The Bertz CT molecular complexity index is 512. The van der Waals surface area contributed by atoms with E-state index in [4.69, 9.17) is 9.84 Å². The maximum atomic E-state index is 12.1. The van der Waals surface area contributed by atoms with Crippen molar-refractivity contribution in [2.75, 3.05) is 25.6 Å². The molecule has 1 heterocycles. The Labute approximate surface area is 123 Å². The second-order valence-electron chi connectivity index (χ2n) is 5.15. The first-order valence-corrected chi connectivity index (χ1v) is 6.98. The summed E-state index contributed by atoms with van der Waals surface area (Å²) in [6.45, 7) is 1.26. The van der Waals surface area contributed by atoms with Gasteiger partial charge in [-0.3, -0.25) is 4.79 Å². The molecule has 6 heteroatoms. The van der Waals surface area contributed by atoms with E-state index < -0.39 is 5.97 Å². The highest BCUT2D eigenvalue weighted by Gasteiger charge is 2.24. The number of carboxylic acid groups (broad SMARTS) is 1. The van der Waals surface area contributed by atoms with Gasteiger partial charge in [-0.25, -0.2) is 4.79 Å². The van der Waals surface area contributed by atoms with Gasteiger partial charge in [0.05, 0.1) is 12.6 Å². The summed E-state index contributed by atoms with van der Waals surface area (Å²) < 4.78 is 5.27. The molecule has 114 valence electrons. The molecule has 0 spiro atoms. The molecule has 2 amide bonds. The number of urea groups is 1. The zero-order valence-corrected chi connectivity index (χ0v) is 12.0. The number of hydrogen-bond donors (Lipinski definition) is 2. The van der Waals surface area contributed by atoms with Crippen LogP contribution in [0.1, 0.15) is 18.4 Å². The van der Waals surface area contributed by atoms with Gasteiger partial charge in [-0.05, 0) is 30.5 Å². The summed E-state index contributed by atoms with van der Waals surface area (Å²) in [7, 11) is 1.75. The lowest BCUT2D eigenvalue weighted by molar-refractivity contribution is -0.136. The monoisotopic (exact) mass is 292 g/mol. The number of likely N-dealkylation sites (N-methyl/N-ethyl adjacent to an activating group) is 1. The number of ether oxygens (including phenoxy) is 1. The van der Waals surface area contributed by atoms with Crippen molar-refractivity contribution in [2.24, 2.45) is 0 Å². The Morgan fingerprint density at radius 2 is 2.29 bits per heavy atom. The SMILES string of the molecule is CN(C(=O)Nc1cccc(CCC(=O)O)c1)C1CCOC1. The third-order valence-corrected chi connectivity index (χ3v) is 3.58.